The van der Waals surface area contributed by atoms with Gasteiger partial charge in [0, 0.05) is 24.0 Å². The maximum atomic E-state index is 9.42. The summed E-state index contributed by atoms with van der Waals surface area (Å²) in [6, 6.07) is 16.4. The number of para-hydroxylation sites is 1. The molecule has 4 nitrogen and oxygen atoms in total. The number of aromatic nitrogens is 1. The van der Waals surface area contributed by atoms with Crippen LogP contribution < -0.4 is 5.01 Å². The van der Waals surface area contributed by atoms with Gasteiger partial charge in [-0.05, 0) is 43.5 Å². The largest absolute Gasteiger partial charge is 0.289 e. The summed E-state index contributed by atoms with van der Waals surface area (Å²) in [4.78, 5) is 4.52. The van der Waals surface area contributed by atoms with Gasteiger partial charge in [0.05, 0.1) is 23.5 Å². The lowest BCUT2D eigenvalue weighted by Gasteiger charge is -2.36. The molecule has 2 aromatic rings. The number of rotatable bonds is 2. The van der Waals surface area contributed by atoms with E-state index < -0.39 is 0 Å². The van der Waals surface area contributed by atoms with Gasteiger partial charge in [-0.2, -0.15) is 5.26 Å². The maximum Gasteiger partial charge on any atom is 0.101 e. The third-order valence-corrected chi connectivity index (χ3v) is 4.56. The van der Waals surface area contributed by atoms with E-state index in [-0.39, 0.29) is 0 Å². The van der Waals surface area contributed by atoms with Crippen LogP contribution in [0.25, 0.3) is 5.57 Å². The molecule has 0 unspecified atom stereocenters. The van der Waals surface area contributed by atoms with Gasteiger partial charge in [-0.25, -0.2) is 0 Å². The molecule has 0 radical (unpaired) electrons. The summed E-state index contributed by atoms with van der Waals surface area (Å²) in [7, 11) is 0. The average molecular weight is 302 g/mol. The molecule has 114 valence electrons. The van der Waals surface area contributed by atoms with Crippen molar-refractivity contribution in [3.05, 3.63) is 65.6 Å². The van der Waals surface area contributed by atoms with Gasteiger partial charge in [-0.3, -0.25) is 15.0 Å². The van der Waals surface area contributed by atoms with E-state index in [9.17, 15) is 5.26 Å². The lowest BCUT2D eigenvalue weighted by molar-refractivity contribution is 0.294. The van der Waals surface area contributed by atoms with Crippen molar-refractivity contribution >= 4 is 11.3 Å². The van der Waals surface area contributed by atoms with Crippen molar-refractivity contribution in [2.45, 2.75) is 19.3 Å². The predicted molar refractivity (Wildman–Crippen MR) is 90.2 cm³/mol. The normalized spacial score (nSPS) is 17.2. The molecular formula is C19H18N4. The first-order valence-electron chi connectivity index (χ1n) is 8.06. The van der Waals surface area contributed by atoms with Crippen LogP contribution in [0.2, 0.25) is 0 Å². The Balaban J connectivity index is 1.79. The lowest BCUT2D eigenvalue weighted by atomic mass is 10.0. The Labute approximate surface area is 136 Å². The highest BCUT2D eigenvalue weighted by atomic mass is 15.6. The first kappa shape index (κ1) is 13.8. The van der Waals surface area contributed by atoms with Crippen molar-refractivity contribution in [1.82, 2.24) is 9.99 Å². The van der Waals surface area contributed by atoms with E-state index in [0.717, 1.165) is 25.2 Å². The quantitative estimate of drug-likeness (QED) is 0.850. The van der Waals surface area contributed by atoms with Crippen molar-refractivity contribution in [3.63, 3.8) is 0 Å². The first-order chi connectivity index (χ1) is 11.4. The van der Waals surface area contributed by atoms with Crippen LogP contribution in [0.4, 0.5) is 5.69 Å². The molecule has 0 aliphatic carbocycles. The van der Waals surface area contributed by atoms with Crippen molar-refractivity contribution in [3.8, 4) is 6.07 Å². The Morgan fingerprint density at radius 1 is 1.00 bits per heavy atom. The van der Waals surface area contributed by atoms with Crippen LogP contribution >= 0.6 is 0 Å². The summed E-state index contributed by atoms with van der Waals surface area (Å²) >= 11 is 0. The minimum atomic E-state index is 0.662. The smallest absolute Gasteiger partial charge is 0.101 e. The third-order valence-electron chi connectivity index (χ3n) is 4.56. The van der Waals surface area contributed by atoms with Gasteiger partial charge in [-0.1, -0.05) is 18.2 Å². The SMILES string of the molecule is N#Cc1cccnc1C1=C2CCCCN2N(c2ccccc2)C1. The number of benzene rings is 1. The highest BCUT2D eigenvalue weighted by Gasteiger charge is 2.33. The molecule has 0 bridgehead atoms. The lowest BCUT2D eigenvalue weighted by Crippen LogP contribution is -2.39. The maximum absolute atomic E-state index is 9.42. The fourth-order valence-electron chi connectivity index (χ4n) is 3.50. The van der Waals surface area contributed by atoms with Gasteiger partial charge < -0.3 is 0 Å². The van der Waals surface area contributed by atoms with Gasteiger partial charge in [0.1, 0.15) is 6.07 Å². The van der Waals surface area contributed by atoms with Crippen LogP contribution in [0, 0.1) is 11.3 Å². The monoisotopic (exact) mass is 302 g/mol. The van der Waals surface area contributed by atoms with Gasteiger partial charge in [0.25, 0.3) is 0 Å². The number of pyridine rings is 1. The predicted octanol–water partition coefficient (Wildman–Crippen LogP) is 3.59. The second-order valence-corrected chi connectivity index (χ2v) is 5.91. The number of fused-ring (bicyclic) bond motifs is 1. The van der Waals surface area contributed by atoms with Crippen LogP contribution in [-0.2, 0) is 0 Å². The van der Waals surface area contributed by atoms with Crippen LogP contribution in [0.5, 0.6) is 0 Å². The third kappa shape index (κ3) is 2.35. The molecule has 0 N–H and O–H groups in total. The molecule has 2 aliphatic rings. The molecule has 2 aliphatic heterocycles. The molecule has 0 saturated carbocycles. The van der Waals surface area contributed by atoms with E-state index in [0.29, 0.717) is 5.56 Å². The minimum absolute atomic E-state index is 0.662. The highest BCUT2D eigenvalue weighted by Crippen LogP contribution is 2.38. The molecule has 0 amide bonds. The van der Waals surface area contributed by atoms with E-state index in [1.54, 1.807) is 6.20 Å². The Hall–Kier alpha value is -2.80. The van der Waals surface area contributed by atoms with Crippen molar-refractivity contribution in [1.29, 1.82) is 5.26 Å². The Morgan fingerprint density at radius 2 is 1.87 bits per heavy atom. The Kier molecular flexibility index (Phi) is 3.47. The molecule has 1 fully saturated rings. The van der Waals surface area contributed by atoms with E-state index in [4.69, 9.17) is 0 Å². The zero-order valence-electron chi connectivity index (χ0n) is 12.9. The number of piperidine rings is 1. The molecule has 0 atom stereocenters. The zero-order chi connectivity index (χ0) is 15.6. The van der Waals surface area contributed by atoms with Crippen LogP contribution in [-0.4, -0.2) is 23.1 Å². The number of hydrogen-bond donors (Lipinski definition) is 0. The van der Waals surface area contributed by atoms with Gasteiger partial charge in [0.15, 0.2) is 0 Å². The molecule has 4 heteroatoms. The Bertz CT molecular complexity index is 789. The number of hydrogen-bond acceptors (Lipinski definition) is 4. The summed E-state index contributed by atoms with van der Waals surface area (Å²) in [6.45, 7) is 1.81. The molecule has 1 aromatic carbocycles. The van der Waals surface area contributed by atoms with Crippen molar-refractivity contribution < 1.29 is 0 Å². The zero-order valence-corrected chi connectivity index (χ0v) is 12.9. The number of anilines is 1. The van der Waals surface area contributed by atoms with Crippen molar-refractivity contribution in [2.75, 3.05) is 18.1 Å². The standard InChI is InChI=1S/C19H18N4/c20-13-15-7-6-11-21-19(15)17-14-23(16-8-2-1-3-9-16)22-12-5-4-10-18(17)22/h1-3,6-9,11H,4-5,10,12,14H2. The van der Waals surface area contributed by atoms with Crippen LogP contribution in [0.1, 0.15) is 30.5 Å². The van der Waals surface area contributed by atoms with Gasteiger partial charge in [0.2, 0.25) is 0 Å². The summed E-state index contributed by atoms with van der Waals surface area (Å²) in [5.74, 6) is 0. The molecule has 1 saturated heterocycles. The topological polar surface area (TPSA) is 43.2 Å². The first-order valence-corrected chi connectivity index (χ1v) is 8.06. The van der Waals surface area contributed by atoms with E-state index in [2.05, 4.69) is 45.3 Å². The molecule has 0 spiro atoms. The van der Waals surface area contributed by atoms with Gasteiger partial charge >= 0.3 is 0 Å². The van der Waals surface area contributed by atoms with E-state index >= 15 is 0 Å². The second kappa shape index (κ2) is 5.77. The highest BCUT2D eigenvalue weighted by molar-refractivity contribution is 5.77. The summed E-state index contributed by atoms with van der Waals surface area (Å²) < 4.78 is 0. The fourth-order valence-corrected chi connectivity index (χ4v) is 3.50. The molecule has 23 heavy (non-hydrogen) atoms. The fraction of sp³-hybridized carbons (Fsp3) is 0.263. The number of allylic oxidation sites excluding steroid dienone is 1. The number of hydrazine groups is 1. The summed E-state index contributed by atoms with van der Waals surface area (Å²) in [5.41, 5.74) is 5.23. The van der Waals surface area contributed by atoms with Gasteiger partial charge in [-0.15, -0.1) is 0 Å². The molecule has 4 rings (SSSR count). The number of nitriles is 1. The molecule has 1 aromatic heterocycles. The van der Waals surface area contributed by atoms with Crippen LogP contribution in [0.3, 0.4) is 0 Å². The number of nitrogens with zero attached hydrogens (tertiary/aromatic N) is 4. The summed E-state index contributed by atoms with van der Waals surface area (Å²) in [6.07, 6.45) is 5.24. The van der Waals surface area contributed by atoms with Crippen LogP contribution in [0.15, 0.2) is 54.4 Å². The second-order valence-electron chi connectivity index (χ2n) is 5.91. The Morgan fingerprint density at radius 3 is 2.70 bits per heavy atom. The average Bonchev–Trinajstić information content (AvgIpc) is 3.02. The summed E-state index contributed by atoms with van der Waals surface area (Å²) in [5, 5.41) is 14.1. The molecular weight excluding hydrogens is 284 g/mol. The van der Waals surface area contributed by atoms with Crippen molar-refractivity contribution in [2.24, 2.45) is 0 Å². The van der Waals surface area contributed by atoms with E-state index in [1.807, 2.05) is 18.2 Å². The minimum Gasteiger partial charge on any atom is -0.289 e. The molecule has 3 heterocycles. The van der Waals surface area contributed by atoms with E-state index in [1.165, 1.54) is 29.8 Å².